The Balaban J connectivity index is 1.58. The van der Waals surface area contributed by atoms with Gasteiger partial charge in [0.2, 0.25) is 5.95 Å². The molecular formula is C16H12N6OS. The average molecular weight is 336 g/mol. The quantitative estimate of drug-likeness (QED) is 0.498. The highest BCUT2D eigenvalue weighted by atomic mass is 32.1. The van der Waals surface area contributed by atoms with Gasteiger partial charge >= 0.3 is 0 Å². The molecule has 24 heavy (non-hydrogen) atoms. The lowest BCUT2D eigenvalue weighted by molar-refractivity contribution is 0.102. The van der Waals surface area contributed by atoms with E-state index in [2.05, 4.69) is 25.5 Å². The van der Waals surface area contributed by atoms with E-state index in [0.29, 0.717) is 22.1 Å². The van der Waals surface area contributed by atoms with Gasteiger partial charge in [-0.3, -0.25) is 15.2 Å². The van der Waals surface area contributed by atoms with Crippen LogP contribution in [0.25, 0.3) is 21.0 Å². The van der Waals surface area contributed by atoms with Crippen molar-refractivity contribution < 1.29 is 4.79 Å². The monoisotopic (exact) mass is 336 g/mol. The number of carbonyl (C=O) groups excluding carboxylic acids is 1. The van der Waals surface area contributed by atoms with Crippen molar-refractivity contribution in [3.63, 3.8) is 0 Å². The van der Waals surface area contributed by atoms with E-state index >= 15 is 0 Å². The number of aromatic amines is 1. The van der Waals surface area contributed by atoms with Crippen molar-refractivity contribution >= 4 is 39.1 Å². The van der Waals surface area contributed by atoms with Crippen LogP contribution in [0.4, 0.5) is 11.6 Å². The lowest BCUT2D eigenvalue weighted by Crippen LogP contribution is -2.12. The first kappa shape index (κ1) is 14.3. The molecule has 0 atom stereocenters. The number of benzene rings is 2. The fourth-order valence-corrected chi connectivity index (χ4v) is 3.11. The van der Waals surface area contributed by atoms with Gasteiger partial charge in [0.05, 0.1) is 10.2 Å². The summed E-state index contributed by atoms with van der Waals surface area (Å²) < 4.78 is 1.01. The highest BCUT2D eigenvalue weighted by Gasteiger charge is 2.13. The summed E-state index contributed by atoms with van der Waals surface area (Å²) in [7, 11) is 0. The Morgan fingerprint density at radius 3 is 2.79 bits per heavy atom. The zero-order chi connectivity index (χ0) is 16.5. The number of amides is 1. The standard InChI is InChI=1S/C16H12N6OS/c17-10-6-7-12-11(8-10)18-15(24-12)13-19-16(22-21-13)20-14(23)9-4-2-1-3-5-9/h1-8H,17H2,(H2,19,20,21,22,23). The molecule has 7 nitrogen and oxygen atoms in total. The molecule has 4 N–H and O–H groups in total. The number of hydrogen-bond acceptors (Lipinski definition) is 6. The molecule has 0 bridgehead atoms. The summed E-state index contributed by atoms with van der Waals surface area (Å²) in [5.74, 6) is 0.439. The highest BCUT2D eigenvalue weighted by Crippen LogP contribution is 2.29. The van der Waals surface area contributed by atoms with Crippen molar-refractivity contribution in [2.45, 2.75) is 0 Å². The number of hydrogen-bond donors (Lipinski definition) is 3. The molecule has 0 aliphatic heterocycles. The van der Waals surface area contributed by atoms with Crippen LogP contribution in [0.3, 0.4) is 0 Å². The number of nitrogens with one attached hydrogen (secondary N) is 2. The molecular weight excluding hydrogens is 324 g/mol. The third kappa shape index (κ3) is 2.70. The lowest BCUT2D eigenvalue weighted by atomic mass is 10.2. The molecule has 0 aliphatic rings. The molecule has 8 heteroatoms. The van der Waals surface area contributed by atoms with Crippen LogP contribution in [0.5, 0.6) is 0 Å². The summed E-state index contributed by atoms with van der Waals surface area (Å²) in [5.41, 5.74) is 7.78. The summed E-state index contributed by atoms with van der Waals surface area (Å²) in [6, 6.07) is 14.4. The minimum Gasteiger partial charge on any atom is -0.399 e. The number of rotatable bonds is 3. The second kappa shape index (κ2) is 5.74. The molecule has 118 valence electrons. The molecule has 0 saturated carbocycles. The Hall–Kier alpha value is -3.26. The smallest absolute Gasteiger partial charge is 0.258 e. The van der Waals surface area contributed by atoms with Crippen molar-refractivity contribution in [1.82, 2.24) is 20.2 Å². The third-order valence-corrected chi connectivity index (χ3v) is 4.40. The van der Waals surface area contributed by atoms with Crippen molar-refractivity contribution in [3.05, 3.63) is 54.1 Å². The minimum atomic E-state index is -0.266. The summed E-state index contributed by atoms with van der Waals surface area (Å²) >= 11 is 1.47. The van der Waals surface area contributed by atoms with Gasteiger partial charge in [0.15, 0.2) is 10.8 Å². The van der Waals surface area contributed by atoms with Gasteiger partial charge in [-0.15, -0.1) is 16.4 Å². The molecule has 0 spiro atoms. The van der Waals surface area contributed by atoms with E-state index in [1.807, 2.05) is 24.3 Å². The first-order valence-corrected chi connectivity index (χ1v) is 7.96. The molecule has 4 aromatic rings. The molecule has 0 fully saturated rings. The van der Waals surface area contributed by atoms with Crippen LogP contribution in [0.15, 0.2) is 48.5 Å². The molecule has 2 aromatic carbocycles. The Bertz CT molecular complexity index is 1020. The number of fused-ring (bicyclic) bond motifs is 1. The number of anilines is 2. The normalized spacial score (nSPS) is 10.8. The Morgan fingerprint density at radius 1 is 1.12 bits per heavy atom. The van der Waals surface area contributed by atoms with Gasteiger partial charge in [-0.25, -0.2) is 4.98 Å². The van der Waals surface area contributed by atoms with E-state index in [-0.39, 0.29) is 11.9 Å². The van der Waals surface area contributed by atoms with Crippen LogP contribution in [0.1, 0.15) is 10.4 Å². The van der Waals surface area contributed by atoms with E-state index < -0.39 is 0 Å². The average Bonchev–Trinajstić information content (AvgIpc) is 3.21. The lowest BCUT2D eigenvalue weighted by Gasteiger charge is -1.99. The van der Waals surface area contributed by atoms with Gasteiger partial charge in [-0.05, 0) is 30.3 Å². The maximum atomic E-state index is 12.1. The van der Waals surface area contributed by atoms with Gasteiger partial charge in [0, 0.05) is 11.3 Å². The maximum Gasteiger partial charge on any atom is 0.258 e. The van der Waals surface area contributed by atoms with Crippen LogP contribution in [0, 0.1) is 0 Å². The van der Waals surface area contributed by atoms with E-state index in [1.165, 1.54) is 11.3 Å². The summed E-state index contributed by atoms with van der Waals surface area (Å²) in [6.45, 7) is 0. The van der Waals surface area contributed by atoms with Crippen LogP contribution < -0.4 is 11.1 Å². The number of aromatic nitrogens is 4. The first-order valence-electron chi connectivity index (χ1n) is 7.14. The van der Waals surface area contributed by atoms with Gasteiger partial charge in [0.25, 0.3) is 5.91 Å². The van der Waals surface area contributed by atoms with E-state index in [9.17, 15) is 4.79 Å². The van der Waals surface area contributed by atoms with Crippen LogP contribution in [-0.4, -0.2) is 26.1 Å². The third-order valence-electron chi connectivity index (χ3n) is 3.36. The molecule has 0 saturated heterocycles. The fourth-order valence-electron chi connectivity index (χ4n) is 2.22. The second-order valence-corrected chi connectivity index (χ2v) is 6.10. The van der Waals surface area contributed by atoms with Gasteiger partial charge < -0.3 is 5.73 Å². The Kier molecular flexibility index (Phi) is 3.43. The van der Waals surface area contributed by atoms with E-state index in [0.717, 1.165) is 10.2 Å². The van der Waals surface area contributed by atoms with Crippen molar-refractivity contribution in [3.8, 4) is 10.8 Å². The maximum absolute atomic E-state index is 12.1. The largest absolute Gasteiger partial charge is 0.399 e. The number of nitrogens with zero attached hydrogens (tertiary/aromatic N) is 3. The summed E-state index contributed by atoms with van der Waals surface area (Å²) in [5, 5.41) is 10.2. The van der Waals surface area contributed by atoms with Crippen LogP contribution in [0.2, 0.25) is 0 Å². The summed E-state index contributed by atoms with van der Waals surface area (Å²) in [6.07, 6.45) is 0. The van der Waals surface area contributed by atoms with Gasteiger partial charge in [-0.2, -0.15) is 4.98 Å². The van der Waals surface area contributed by atoms with Crippen molar-refractivity contribution in [2.24, 2.45) is 0 Å². The molecule has 2 aromatic heterocycles. The highest BCUT2D eigenvalue weighted by molar-refractivity contribution is 7.21. The predicted molar refractivity (Wildman–Crippen MR) is 93.8 cm³/mol. The number of nitrogens with two attached hydrogens (primary N) is 1. The number of H-pyrrole nitrogens is 1. The molecule has 4 rings (SSSR count). The Labute approximate surface area is 140 Å². The molecule has 1 amide bonds. The zero-order valence-electron chi connectivity index (χ0n) is 12.4. The SMILES string of the molecule is Nc1ccc2sc(-c3nc(NC(=O)c4ccccc4)n[nH]3)nc2c1. The predicted octanol–water partition coefficient (Wildman–Crippen LogP) is 2.92. The number of carbonyl (C=O) groups is 1. The zero-order valence-corrected chi connectivity index (χ0v) is 13.2. The minimum absolute atomic E-state index is 0.206. The van der Waals surface area contributed by atoms with Gasteiger partial charge in [-0.1, -0.05) is 18.2 Å². The number of thiazole rings is 1. The topological polar surface area (TPSA) is 110 Å². The van der Waals surface area contributed by atoms with E-state index in [4.69, 9.17) is 5.73 Å². The first-order chi connectivity index (χ1) is 11.7. The molecule has 0 aliphatic carbocycles. The van der Waals surface area contributed by atoms with Crippen molar-refractivity contribution in [2.75, 3.05) is 11.1 Å². The second-order valence-electron chi connectivity index (χ2n) is 5.07. The van der Waals surface area contributed by atoms with Crippen LogP contribution >= 0.6 is 11.3 Å². The van der Waals surface area contributed by atoms with Crippen molar-refractivity contribution in [1.29, 1.82) is 0 Å². The molecule has 0 unspecified atom stereocenters. The molecule has 0 radical (unpaired) electrons. The van der Waals surface area contributed by atoms with E-state index in [1.54, 1.807) is 24.3 Å². The number of nitrogen functional groups attached to an aromatic ring is 1. The van der Waals surface area contributed by atoms with Gasteiger partial charge in [0.1, 0.15) is 0 Å². The summed E-state index contributed by atoms with van der Waals surface area (Å²) in [4.78, 5) is 20.9. The Morgan fingerprint density at radius 2 is 1.96 bits per heavy atom. The van der Waals surface area contributed by atoms with Crippen LogP contribution in [-0.2, 0) is 0 Å². The molecule has 2 heterocycles. The fraction of sp³-hybridized carbons (Fsp3) is 0.